The summed E-state index contributed by atoms with van der Waals surface area (Å²) in [4.78, 5) is 27.0. The molecule has 3 rings (SSSR count). The summed E-state index contributed by atoms with van der Waals surface area (Å²) >= 11 is 0. The van der Waals surface area contributed by atoms with E-state index in [1.54, 1.807) is 4.90 Å². The van der Waals surface area contributed by atoms with E-state index in [0.717, 1.165) is 12.8 Å². The van der Waals surface area contributed by atoms with Crippen LogP contribution in [0.25, 0.3) is 0 Å². The summed E-state index contributed by atoms with van der Waals surface area (Å²) in [6, 6.07) is 2.94. The average Bonchev–Trinajstić information content (AvgIpc) is 2.84. The van der Waals surface area contributed by atoms with Crippen LogP contribution in [-0.2, 0) is 16.0 Å². The molecule has 2 atom stereocenters. The van der Waals surface area contributed by atoms with Gasteiger partial charge in [0.05, 0.1) is 0 Å². The Kier molecular flexibility index (Phi) is 5.28. The van der Waals surface area contributed by atoms with Gasteiger partial charge in [-0.05, 0) is 64.5 Å². The molecule has 2 saturated heterocycles. The van der Waals surface area contributed by atoms with E-state index in [9.17, 15) is 18.4 Å². The Bertz CT molecular complexity index is 743. The molecule has 2 aliphatic heterocycles. The van der Waals surface area contributed by atoms with E-state index >= 15 is 0 Å². The Labute approximate surface area is 158 Å². The Morgan fingerprint density at radius 3 is 2.26 bits per heavy atom. The predicted molar refractivity (Wildman–Crippen MR) is 97.4 cm³/mol. The van der Waals surface area contributed by atoms with Crippen molar-refractivity contribution in [2.45, 2.75) is 77.5 Å². The van der Waals surface area contributed by atoms with Gasteiger partial charge in [0.15, 0.2) is 11.6 Å². The lowest BCUT2D eigenvalue weighted by Crippen LogP contribution is -2.49. The minimum Gasteiger partial charge on any atom is -0.444 e. The smallest absolute Gasteiger partial charge is 0.410 e. The van der Waals surface area contributed by atoms with E-state index in [-0.39, 0.29) is 47.4 Å². The largest absolute Gasteiger partial charge is 0.444 e. The summed E-state index contributed by atoms with van der Waals surface area (Å²) in [7, 11) is 0. The van der Waals surface area contributed by atoms with Gasteiger partial charge in [-0.25, -0.2) is 13.6 Å². The molecule has 2 aliphatic rings. The molecule has 0 saturated carbocycles. The molecule has 2 bridgehead atoms. The maximum atomic E-state index is 14.1. The summed E-state index contributed by atoms with van der Waals surface area (Å²) in [6.07, 6.45) is 2.38. The number of amides is 1. The van der Waals surface area contributed by atoms with Crippen molar-refractivity contribution in [3.63, 3.8) is 0 Å². The van der Waals surface area contributed by atoms with Crippen LogP contribution in [0.15, 0.2) is 12.1 Å². The van der Waals surface area contributed by atoms with E-state index in [0.29, 0.717) is 12.8 Å². The van der Waals surface area contributed by atoms with E-state index in [1.165, 1.54) is 19.1 Å². The van der Waals surface area contributed by atoms with Crippen molar-refractivity contribution in [3.05, 3.63) is 34.9 Å². The molecule has 0 spiro atoms. The summed E-state index contributed by atoms with van der Waals surface area (Å²) in [6.45, 7) is 6.99. The van der Waals surface area contributed by atoms with Gasteiger partial charge in [0.25, 0.3) is 0 Å². The first-order valence-corrected chi connectivity index (χ1v) is 9.54. The van der Waals surface area contributed by atoms with Crippen LogP contribution < -0.4 is 0 Å². The van der Waals surface area contributed by atoms with Crippen molar-refractivity contribution >= 4 is 11.9 Å². The molecule has 0 aliphatic carbocycles. The van der Waals surface area contributed by atoms with Crippen molar-refractivity contribution in [1.82, 2.24) is 4.90 Å². The SMILES string of the molecule is Cc1ccc(CC(=O)C2CC3CCC(C2)N3C(=O)OC(C)(C)C)c(F)c1F. The van der Waals surface area contributed by atoms with Gasteiger partial charge in [0.2, 0.25) is 0 Å². The quantitative estimate of drug-likeness (QED) is 0.773. The Morgan fingerprint density at radius 2 is 1.70 bits per heavy atom. The highest BCUT2D eigenvalue weighted by molar-refractivity contribution is 5.84. The summed E-state index contributed by atoms with van der Waals surface area (Å²) in [5.41, 5.74) is -0.228. The van der Waals surface area contributed by atoms with Crippen molar-refractivity contribution in [3.8, 4) is 0 Å². The number of nitrogens with zero attached hydrogens (tertiary/aromatic N) is 1. The molecule has 27 heavy (non-hydrogen) atoms. The molecule has 148 valence electrons. The number of halogens is 2. The van der Waals surface area contributed by atoms with Gasteiger partial charge in [-0.1, -0.05) is 12.1 Å². The van der Waals surface area contributed by atoms with E-state index < -0.39 is 17.2 Å². The van der Waals surface area contributed by atoms with Crippen LogP contribution in [-0.4, -0.2) is 34.5 Å². The molecule has 2 unspecified atom stereocenters. The Morgan fingerprint density at radius 1 is 1.11 bits per heavy atom. The van der Waals surface area contributed by atoms with Gasteiger partial charge in [0, 0.05) is 24.4 Å². The minimum absolute atomic E-state index is 0.0212. The zero-order valence-electron chi connectivity index (χ0n) is 16.4. The van der Waals surface area contributed by atoms with Crippen LogP contribution in [0.4, 0.5) is 13.6 Å². The number of Topliss-reactive ketones (excluding diaryl/α,β-unsaturated/α-hetero) is 1. The third-order valence-electron chi connectivity index (χ3n) is 5.51. The number of carbonyl (C=O) groups is 2. The van der Waals surface area contributed by atoms with Gasteiger partial charge in [-0.3, -0.25) is 4.79 Å². The summed E-state index contributed by atoms with van der Waals surface area (Å²) in [5, 5.41) is 0. The Balaban J connectivity index is 1.67. The van der Waals surface area contributed by atoms with Crippen molar-refractivity contribution < 1.29 is 23.1 Å². The number of hydrogen-bond donors (Lipinski definition) is 0. The molecule has 2 fully saturated rings. The van der Waals surface area contributed by atoms with Crippen molar-refractivity contribution in [1.29, 1.82) is 0 Å². The third kappa shape index (κ3) is 4.14. The second-order valence-corrected chi connectivity index (χ2v) is 8.75. The first-order chi connectivity index (χ1) is 12.6. The number of piperidine rings is 1. The fraction of sp³-hybridized carbons (Fsp3) is 0.619. The Hall–Kier alpha value is -1.98. The lowest BCUT2D eigenvalue weighted by atomic mass is 9.85. The molecular weight excluding hydrogens is 352 g/mol. The van der Waals surface area contributed by atoms with E-state index in [1.807, 2.05) is 20.8 Å². The number of ketones is 1. The number of aryl methyl sites for hydroxylation is 1. The molecule has 6 heteroatoms. The highest BCUT2D eigenvalue weighted by Crippen LogP contribution is 2.40. The maximum absolute atomic E-state index is 14.1. The normalized spacial score (nSPS) is 24.8. The standard InChI is InChI=1S/C21H27F2NO3/c1-12-5-6-13(19(23)18(12)22)11-17(25)14-9-15-7-8-16(10-14)24(15)20(26)27-21(2,3)4/h5-6,14-16H,7-11H2,1-4H3. The fourth-order valence-electron chi connectivity index (χ4n) is 4.21. The van der Waals surface area contributed by atoms with Crippen molar-refractivity contribution in [2.24, 2.45) is 5.92 Å². The van der Waals surface area contributed by atoms with Crippen LogP contribution in [0.3, 0.4) is 0 Å². The minimum atomic E-state index is -0.933. The average molecular weight is 379 g/mol. The second kappa shape index (κ2) is 7.21. The fourth-order valence-corrected chi connectivity index (χ4v) is 4.21. The lowest BCUT2D eigenvalue weighted by Gasteiger charge is -2.39. The number of hydrogen-bond acceptors (Lipinski definition) is 3. The topological polar surface area (TPSA) is 46.6 Å². The van der Waals surface area contributed by atoms with Crippen LogP contribution in [0.1, 0.15) is 57.6 Å². The highest BCUT2D eigenvalue weighted by Gasteiger charge is 2.46. The molecule has 1 amide bonds. The van der Waals surface area contributed by atoms with Crippen LogP contribution in [0.5, 0.6) is 0 Å². The van der Waals surface area contributed by atoms with Gasteiger partial charge in [-0.2, -0.15) is 0 Å². The molecule has 2 heterocycles. The van der Waals surface area contributed by atoms with E-state index in [2.05, 4.69) is 0 Å². The third-order valence-corrected chi connectivity index (χ3v) is 5.51. The molecule has 1 aromatic carbocycles. The second-order valence-electron chi connectivity index (χ2n) is 8.75. The van der Waals surface area contributed by atoms with Gasteiger partial charge in [0.1, 0.15) is 11.4 Å². The lowest BCUT2D eigenvalue weighted by molar-refractivity contribution is -0.124. The summed E-state index contributed by atoms with van der Waals surface area (Å²) in [5.74, 6) is -2.14. The molecule has 1 aromatic rings. The van der Waals surface area contributed by atoms with Gasteiger partial charge >= 0.3 is 6.09 Å². The van der Waals surface area contributed by atoms with Gasteiger partial charge in [-0.15, -0.1) is 0 Å². The molecule has 4 nitrogen and oxygen atoms in total. The maximum Gasteiger partial charge on any atom is 0.410 e. The first-order valence-electron chi connectivity index (χ1n) is 9.54. The number of fused-ring (bicyclic) bond motifs is 2. The van der Waals surface area contributed by atoms with Crippen LogP contribution in [0, 0.1) is 24.5 Å². The number of ether oxygens (including phenoxy) is 1. The monoisotopic (exact) mass is 379 g/mol. The molecular formula is C21H27F2NO3. The van der Waals surface area contributed by atoms with Gasteiger partial charge < -0.3 is 9.64 Å². The van der Waals surface area contributed by atoms with Crippen LogP contribution >= 0.6 is 0 Å². The zero-order valence-corrected chi connectivity index (χ0v) is 16.4. The van der Waals surface area contributed by atoms with Crippen molar-refractivity contribution in [2.75, 3.05) is 0 Å². The number of carbonyl (C=O) groups excluding carboxylic acids is 2. The molecule has 0 aromatic heterocycles. The van der Waals surface area contributed by atoms with Crippen LogP contribution in [0.2, 0.25) is 0 Å². The number of rotatable bonds is 3. The number of benzene rings is 1. The first kappa shape index (κ1) is 19.8. The summed E-state index contributed by atoms with van der Waals surface area (Å²) < 4.78 is 33.3. The van der Waals surface area contributed by atoms with E-state index in [4.69, 9.17) is 4.74 Å². The molecule has 0 radical (unpaired) electrons. The highest BCUT2D eigenvalue weighted by atomic mass is 19.2. The zero-order chi connectivity index (χ0) is 19.9. The molecule has 0 N–H and O–H groups in total. The predicted octanol–water partition coefficient (Wildman–Crippen LogP) is 4.56.